The van der Waals surface area contributed by atoms with Crippen molar-refractivity contribution in [3.05, 3.63) is 109 Å². The molecule has 2 amide bonds. The van der Waals surface area contributed by atoms with Crippen molar-refractivity contribution >= 4 is 56.8 Å². The average Bonchev–Trinajstić information content (AvgIpc) is 2.76. The normalized spacial score (nSPS) is 11.0. The number of aryl methyl sites for hydroxylation is 1. The molecule has 3 rings (SSSR count). The maximum atomic E-state index is 13.0. The first kappa shape index (κ1) is 23.2. The van der Waals surface area contributed by atoms with E-state index >= 15 is 0 Å². The third-order valence-corrected chi connectivity index (χ3v) is 5.24. The lowest BCUT2D eigenvalue weighted by Gasteiger charge is -2.12. The van der Waals surface area contributed by atoms with E-state index in [-0.39, 0.29) is 22.1 Å². The van der Waals surface area contributed by atoms with E-state index in [2.05, 4.69) is 26.6 Å². The topological polar surface area (TPSA) is 101 Å². The average molecular weight is 515 g/mol. The first-order valence-electron chi connectivity index (χ1n) is 9.33. The molecule has 0 radical (unpaired) electrons. The van der Waals surface area contributed by atoms with Crippen LogP contribution in [0.25, 0.3) is 6.08 Å². The van der Waals surface area contributed by atoms with Gasteiger partial charge in [0.1, 0.15) is 10.7 Å². The fraction of sp³-hybridized carbons (Fsp3) is 0.0435. The van der Waals surface area contributed by atoms with Gasteiger partial charge in [0.2, 0.25) is 0 Å². The Morgan fingerprint density at radius 2 is 1.69 bits per heavy atom. The van der Waals surface area contributed by atoms with Gasteiger partial charge in [-0.25, -0.2) is 0 Å². The van der Waals surface area contributed by atoms with Crippen LogP contribution in [0, 0.1) is 17.0 Å². The molecule has 3 aromatic carbocycles. The predicted molar refractivity (Wildman–Crippen MR) is 128 cm³/mol. The fourth-order valence-corrected chi connectivity index (χ4v) is 3.16. The zero-order chi connectivity index (χ0) is 23.3. The van der Waals surface area contributed by atoms with Gasteiger partial charge in [0.05, 0.1) is 4.92 Å². The molecule has 0 atom stereocenters. The number of carbonyl (C=O) groups is 2. The van der Waals surface area contributed by atoms with E-state index in [0.29, 0.717) is 11.1 Å². The van der Waals surface area contributed by atoms with E-state index in [1.54, 1.807) is 48.5 Å². The number of nitrogens with zero attached hydrogens (tertiary/aromatic N) is 1. The molecule has 162 valence electrons. The van der Waals surface area contributed by atoms with Crippen molar-refractivity contribution in [2.75, 3.05) is 5.32 Å². The molecule has 9 heteroatoms. The summed E-state index contributed by atoms with van der Waals surface area (Å²) in [5.41, 5.74) is 1.84. The molecule has 0 heterocycles. The van der Waals surface area contributed by atoms with Crippen molar-refractivity contribution in [2.24, 2.45) is 0 Å². The summed E-state index contributed by atoms with van der Waals surface area (Å²) in [6.07, 6.45) is 1.51. The quantitative estimate of drug-likeness (QED) is 0.249. The molecule has 0 aliphatic heterocycles. The van der Waals surface area contributed by atoms with Crippen molar-refractivity contribution in [1.29, 1.82) is 0 Å². The summed E-state index contributed by atoms with van der Waals surface area (Å²) in [5.74, 6) is -1.12. The van der Waals surface area contributed by atoms with Gasteiger partial charge >= 0.3 is 0 Å². The third kappa shape index (κ3) is 6.03. The summed E-state index contributed by atoms with van der Waals surface area (Å²) < 4.78 is 0.859. The summed E-state index contributed by atoms with van der Waals surface area (Å²) >= 11 is 9.18. The highest BCUT2D eigenvalue weighted by molar-refractivity contribution is 9.10. The molecule has 0 saturated heterocycles. The zero-order valence-electron chi connectivity index (χ0n) is 16.8. The van der Waals surface area contributed by atoms with Crippen LogP contribution in [0.3, 0.4) is 0 Å². The number of hydrogen-bond acceptors (Lipinski definition) is 4. The number of amides is 2. The molecule has 0 fully saturated rings. The monoisotopic (exact) mass is 513 g/mol. The van der Waals surface area contributed by atoms with Gasteiger partial charge in [0.25, 0.3) is 17.5 Å². The van der Waals surface area contributed by atoms with Crippen molar-refractivity contribution < 1.29 is 14.5 Å². The second kappa shape index (κ2) is 10.2. The predicted octanol–water partition coefficient (Wildman–Crippen LogP) is 5.73. The highest BCUT2D eigenvalue weighted by atomic mass is 79.9. The highest BCUT2D eigenvalue weighted by Crippen LogP contribution is 2.27. The second-order valence-corrected chi connectivity index (χ2v) is 8.13. The number of nitro groups is 1. The molecule has 2 N–H and O–H groups in total. The zero-order valence-corrected chi connectivity index (χ0v) is 19.1. The lowest BCUT2D eigenvalue weighted by atomic mass is 10.1. The van der Waals surface area contributed by atoms with E-state index in [9.17, 15) is 19.7 Å². The minimum absolute atomic E-state index is 0.0319. The summed E-state index contributed by atoms with van der Waals surface area (Å²) in [6, 6.07) is 17.9. The summed E-state index contributed by atoms with van der Waals surface area (Å²) in [7, 11) is 0. The molecule has 0 spiro atoms. The van der Waals surface area contributed by atoms with Crippen molar-refractivity contribution in [3.8, 4) is 0 Å². The van der Waals surface area contributed by atoms with Crippen LogP contribution in [0.1, 0.15) is 21.5 Å². The highest BCUT2D eigenvalue weighted by Gasteiger charge is 2.18. The van der Waals surface area contributed by atoms with E-state index < -0.39 is 16.7 Å². The first-order chi connectivity index (χ1) is 15.2. The Hall–Kier alpha value is -3.49. The standard InChI is InChI=1S/C23H17BrClN3O4/c1-14-2-6-16(7-3-14)22(29)27-20(12-15-4-8-17(24)9-5-15)23(30)26-18-10-11-19(25)21(13-18)28(31)32/h2-13H,1H3,(H,26,30)(H,27,29)/b20-12-. The van der Waals surface area contributed by atoms with Crippen LogP contribution in [0.5, 0.6) is 0 Å². The number of anilines is 1. The second-order valence-electron chi connectivity index (χ2n) is 6.81. The molecule has 0 unspecified atom stereocenters. The number of carbonyl (C=O) groups excluding carboxylic acids is 2. The van der Waals surface area contributed by atoms with Crippen LogP contribution in [0.15, 0.2) is 76.9 Å². The molecule has 0 bridgehead atoms. The number of benzene rings is 3. The summed E-state index contributed by atoms with van der Waals surface area (Å²) in [4.78, 5) is 36.2. The molecular weight excluding hydrogens is 498 g/mol. The Balaban J connectivity index is 1.90. The van der Waals surface area contributed by atoms with Gasteiger partial charge in [-0.1, -0.05) is 57.4 Å². The SMILES string of the molecule is Cc1ccc(C(=O)N/C(=C\c2ccc(Br)cc2)C(=O)Nc2ccc(Cl)c([N+](=O)[O-])c2)cc1. The largest absolute Gasteiger partial charge is 0.320 e. The number of hydrogen-bond donors (Lipinski definition) is 2. The Labute approximate surface area is 197 Å². The molecule has 0 aliphatic carbocycles. The van der Waals surface area contributed by atoms with Crippen LogP contribution < -0.4 is 10.6 Å². The molecule has 0 aliphatic rings. The smallest absolute Gasteiger partial charge is 0.289 e. The first-order valence-corrected chi connectivity index (χ1v) is 10.5. The van der Waals surface area contributed by atoms with Gasteiger partial charge in [-0.2, -0.15) is 0 Å². The van der Waals surface area contributed by atoms with E-state index in [4.69, 9.17) is 11.6 Å². The maximum absolute atomic E-state index is 13.0. The Bertz CT molecular complexity index is 1210. The number of halogens is 2. The van der Waals surface area contributed by atoms with Gasteiger partial charge in [0, 0.05) is 21.8 Å². The molecule has 32 heavy (non-hydrogen) atoms. The van der Waals surface area contributed by atoms with Crippen LogP contribution >= 0.6 is 27.5 Å². The van der Waals surface area contributed by atoms with Crippen molar-refractivity contribution in [2.45, 2.75) is 6.92 Å². The summed E-state index contributed by atoms with van der Waals surface area (Å²) in [5, 5.41) is 16.3. The molecular formula is C23H17BrClN3O4. The van der Waals surface area contributed by atoms with Crippen LogP contribution in [0.2, 0.25) is 5.02 Å². The summed E-state index contributed by atoms with van der Waals surface area (Å²) in [6.45, 7) is 1.90. The van der Waals surface area contributed by atoms with Gasteiger partial charge in [-0.3, -0.25) is 19.7 Å². The van der Waals surface area contributed by atoms with E-state index in [0.717, 1.165) is 16.1 Å². The van der Waals surface area contributed by atoms with Gasteiger partial charge in [-0.05, 0) is 55.0 Å². The minimum atomic E-state index is -0.648. The number of nitro benzene ring substituents is 1. The molecule has 3 aromatic rings. The van der Waals surface area contributed by atoms with E-state index in [1.165, 1.54) is 18.2 Å². The lowest BCUT2D eigenvalue weighted by molar-refractivity contribution is -0.384. The third-order valence-electron chi connectivity index (χ3n) is 4.39. The van der Waals surface area contributed by atoms with Gasteiger partial charge in [0.15, 0.2) is 0 Å². The van der Waals surface area contributed by atoms with Crippen molar-refractivity contribution in [3.63, 3.8) is 0 Å². The van der Waals surface area contributed by atoms with Gasteiger partial charge < -0.3 is 10.6 Å². The number of rotatable bonds is 6. The van der Waals surface area contributed by atoms with Gasteiger partial charge in [-0.15, -0.1) is 0 Å². The number of nitrogens with one attached hydrogen (secondary N) is 2. The van der Waals surface area contributed by atoms with Crippen LogP contribution in [-0.2, 0) is 4.79 Å². The van der Waals surface area contributed by atoms with Crippen LogP contribution in [-0.4, -0.2) is 16.7 Å². The van der Waals surface area contributed by atoms with E-state index in [1.807, 2.05) is 6.92 Å². The Morgan fingerprint density at radius 3 is 2.31 bits per heavy atom. The minimum Gasteiger partial charge on any atom is -0.320 e. The van der Waals surface area contributed by atoms with Crippen molar-refractivity contribution in [1.82, 2.24) is 5.32 Å². The molecule has 0 aromatic heterocycles. The maximum Gasteiger partial charge on any atom is 0.289 e. The molecule has 0 saturated carbocycles. The lowest BCUT2D eigenvalue weighted by Crippen LogP contribution is -2.30. The van der Waals surface area contributed by atoms with Crippen LogP contribution in [0.4, 0.5) is 11.4 Å². The fourth-order valence-electron chi connectivity index (χ4n) is 2.71. The molecule has 7 nitrogen and oxygen atoms in total. The Kier molecular flexibility index (Phi) is 7.40. The Morgan fingerprint density at radius 1 is 1.03 bits per heavy atom.